The standard InChI is InChI=1S/C9H16N2O/c1-11(2)9-10-7-5-3-4-6-8(7)12-9/h7-8H,3-6H2,1-2H3. The lowest BCUT2D eigenvalue weighted by Crippen LogP contribution is -2.28. The molecule has 1 aliphatic heterocycles. The van der Waals surface area contributed by atoms with Crippen molar-refractivity contribution in [1.29, 1.82) is 0 Å². The average Bonchev–Trinajstić information content (AvgIpc) is 2.46. The molecule has 3 heteroatoms. The molecule has 0 radical (unpaired) electrons. The molecule has 68 valence electrons. The number of nitrogens with zero attached hydrogens (tertiary/aromatic N) is 2. The zero-order chi connectivity index (χ0) is 8.55. The number of hydrogen-bond acceptors (Lipinski definition) is 3. The van der Waals surface area contributed by atoms with Crippen LogP contribution in [0.25, 0.3) is 0 Å². The van der Waals surface area contributed by atoms with Gasteiger partial charge in [0.25, 0.3) is 6.02 Å². The van der Waals surface area contributed by atoms with Gasteiger partial charge < -0.3 is 9.64 Å². The highest BCUT2D eigenvalue weighted by atomic mass is 16.5. The van der Waals surface area contributed by atoms with Crippen LogP contribution in [0.15, 0.2) is 4.99 Å². The average molecular weight is 168 g/mol. The Kier molecular flexibility index (Phi) is 1.95. The van der Waals surface area contributed by atoms with E-state index in [1.807, 2.05) is 19.0 Å². The summed E-state index contributed by atoms with van der Waals surface area (Å²) in [4.78, 5) is 6.49. The van der Waals surface area contributed by atoms with E-state index in [-0.39, 0.29) is 0 Å². The quantitative estimate of drug-likeness (QED) is 0.543. The van der Waals surface area contributed by atoms with E-state index in [0.717, 1.165) is 6.02 Å². The van der Waals surface area contributed by atoms with Gasteiger partial charge in [-0.1, -0.05) is 6.42 Å². The van der Waals surface area contributed by atoms with Crippen LogP contribution in [0.1, 0.15) is 25.7 Å². The summed E-state index contributed by atoms with van der Waals surface area (Å²) in [6.45, 7) is 0. The molecule has 3 nitrogen and oxygen atoms in total. The molecule has 0 spiro atoms. The number of hydrogen-bond donors (Lipinski definition) is 0. The second kappa shape index (κ2) is 2.96. The van der Waals surface area contributed by atoms with Crippen molar-refractivity contribution >= 4 is 6.02 Å². The molecule has 0 saturated heterocycles. The molecule has 1 aliphatic carbocycles. The Morgan fingerprint density at radius 3 is 2.75 bits per heavy atom. The van der Waals surface area contributed by atoms with E-state index in [0.29, 0.717) is 12.1 Å². The Labute approximate surface area is 73.4 Å². The van der Waals surface area contributed by atoms with Crippen LogP contribution in [-0.2, 0) is 4.74 Å². The van der Waals surface area contributed by atoms with Gasteiger partial charge in [-0.15, -0.1) is 0 Å². The minimum atomic E-state index is 0.385. The first kappa shape index (κ1) is 7.90. The van der Waals surface area contributed by atoms with Crippen LogP contribution in [0.2, 0.25) is 0 Å². The van der Waals surface area contributed by atoms with Gasteiger partial charge in [0.15, 0.2) is 0 Å². The molecule has 1 heterocycles. The normalized spacial score (nSPS) is 33.7. The van der Waals surface area contributed by atoms with Crippen molar-refractivity contribution in [2.75, 3.05) is 14.1 Å². The number of rotatable bonds is 0. The predicted octanol–water partition coefficient (Wildman–Crippen LogP) is 1.25. The first-order chi connectivity index (χ1) is 5.77. The molecule has 0 aromatic heterocycles. The second-order valence-electron chi connectivity index (χ2n) is 3.81. The van der Waals surface area contributed by atoms with E-state index in [4.69, 9.17) is 4.74 Å². The molecule has 0 aromatic rings. The van der Waals surface area contributed by atoms with Crippen LogP contribution >= 0.6 is 0 Å². The SMILES string of the molecule is CN(C)C1=NC2CCCCC2O1. The van der Waals surface area contributed by atoms with Gasteiger partial charge in [0, 0.05) is 14.1 Å². The van der Waals surface area contributed by atoms with E-state index in [2.05, 4.69) is 4.99 Å². The molecule has 1 saturated carbocycles. The van der Waals surface area contributed by atoms with E-state index < -0.39 is 0 Å². The van der Waals surface area contributed by atoms with Crippen molar-refractivity contribution in [1.82, 2.24) is 4.90 Å². The fourth-order valence-electron chi connectivity index (χ4n) is 1.89. The highest BCUT2D eigenvalue weighted by Crippen LogP contribution is 2.28. The van der Waals surface area contributed by atoms with E-state index >= 15 is 0 Å². The minimum absolute atomic E-state index is 0.385. The monoisotopic (exact) mass is 168 g/mol. The maximum Gasteiger partial charge on any atom is 0.287 e. The Morgan fingerprint density at radius 1 is 1.33 bits per heavy atom. The van der Waals surface area contributed by atoms with Crippen LogP contribution in [0.4, 0.5) is 0 Å². The molecule has 12 heavy (non-hydrogen) atoms. The first-order valence-corrected chi connectivity index (χ1v) is 4.69. The third-order valence-electron chi connectivity index (χ3n) is 2.58. The smallest absolute Gasteiger partial charge is 0.287 e. The summed E-state index contributed by atoms with van der Waals surface area (Å²) in [5, 5.41) is 0. The van der Waals surface area contributed by atoms with Crippen molar-refractivity contribution in [3.63, 3.8) is 0 Å². The number of ether oxygens (including phenoxy) is 1. The molecule has 1 fully saturated rings. The molecule has 2 unspecified atom stereocenters. The lowest BCUT2D eigenvalue weighted by Gasteiger charge is -2.22. The molecule has 2 aliphatic rings. The van der Waals surface area contributed by atoms with Gasteiger partial charge in [0.1, 0.15) is 6.10 Å². The van der Waals surface area contributed by atoms with Gasteiger partial charge in [0.05, 0.1) is 6.04 Å². The largest absolute Gasteiger partial charge is 0.460 e. The lowest BCUT2D eigenvalue weighted by molar-refractivity contribution is 0.137. The van der Waals surface area contributed by atoms with Crippen LogP contribution in [0.5, 0.6) is 0 Å². The van der Waals surface area contributed by atoms with Crippen molar-refractivity contribution in [2.45, 2.75) is 37.8 Å². The first-order valence-electron chi connectivity index (χ1n) is 4.69. The maximum absolute atomic E-state index is 5.70. The molecule has 2 atom stereocenters. The van der Waals surface area contributed by atoms with Gasteiger partial charge in [-0.3, -0.25) is 0 Å². The zero-order valence-corrected chi connectivity index (χ0v) is 7.79. The molecular weight excluding hydrogens is 152 g/mol. The summed E-state index contributed by atoms with van der Waals surface area (Å²) < 4.78 is 5.70. The summed E-state index contributed by atoms with van der Waals surface area (Å²) in [6.07, 6.45) is 5.40. The fraction of sp³-hybridized carbons (Fsp3) is 0.889. The van der Waals surface area contributed by atoms with Crippen molar-refractivity contribution in [3.05, 3.63) is 0 Å². The van der Waals surface area contributed by atoms with Crippen LogP contribution < -0.4 is 0 Å². The van der Waals surface area contributed by atoms with Gasteiger partial charge >= 0.3 is 0 Å². The third kappa shape index (κ3) is 1.28. The number of aliphatic imine (C=N–C) groups is 1. The zero-order valence-electron chi connectivity index (χ0n) is 7.79. The van der Waals surface area contributed by atoms with Gasteiger partial charge in [0.2, 0.25) is 0 Å². The minimum Gasteiger partial charge on any atom is -0.460 e. The van der Waals surface area contributed by atoms with Gasteiger partial charge in [-0.05, 0) is 19.3 Å². The Bertz CT molecular complexity index is 201. The fourth-order valence-corrected chi connectivity index (χ4v) is 1.89. The van der Waals surface area contributed by atoms with Crippen molar-refractivity contribution in [2.24, 2.45) is 4.99 Å². The topological polar surface area (TPSA) is 24.8 Å². The van der Waals surface area contributed by atoms with Gasteiger partial charge in [-0.2, -0.15) is 0 Å². The number of fused-ring (bicyclic) bond motifs is 1. The summed E-state index contributed by atoms with van der Waals surface area (Å²) in [5.41, 5.74) is 0. The van der Waals surface area contributed by atoms with Crippen LogP contribution in [-0.4, -0.2) is 37.2 Å². The Balaban J connectivity index is 2.04. The lowest BCUT2D eigenvalue weighted by atomic mass is 9.94. The van der Waals surface area contributed by atoms with Crippen molar-refractivity contribution < 1.29 is 4.74 Å². The summed E-state index contributed by atoms with van der Waals surface area (Å²) in [5.74, 6) is 0. The summed E-state index contributed by atoms with van der Waals surface area (Å²) in [6, 6.07) is 1.28. The second-order valence-corrected chi connectivity index (χ2v) is 3.81. The van der Waals surface area contributed by atoms with Crippen LogP contribution in [0.3, 0.4) is 0 Å². The van der Waals surface area contributed by atoms with E-state index in [9.17, 15) is 0 Å². The molecule has 0 bridgehead atoms. The third-order valence-corrected chi connectivity index (χ3v) is 2.58. The summed E-state index contributed by atoms with van der Waals surface area (Å²) in [7, 11) is 3.96. The highest BCUT2D eigenvalue weighted by molar-refractivity contribution is 5.75. The Hall–Kier alpha value is -0.730. The molecule has 0 N–H and O–H groups in total. The molecule has 0 aromatic carbocycles. The Morgan fingerprint density at radius 2 is 2.08 bits per heavy atom. The molecular formula is C9H16N2O. The summed E-state index contributed by atoms with van der Waals surface area (Å²) >= 11 is 0. The maximum atomic E-state index is 5.70. The number of amidine groups is 1. The predicted molar refractivity (Wildman–Crippen MR) is 48.3 cm³/mol. The van der Waals surface area contributed by atoms with Crippen molar-refractivity contribution in [3.8, 4) is 0 Å². The van der Waals surface area contributed by atoms with Crippen LogP contribution in [0, 0.1) is 0 Å². The molecule has 0 amide bonds. The van der Waals surface area contributed by atoms with E-state index in [1.165, 1.54) is 25.7 Å². The molecule has 2 rings (SSSR count). The highest BCUT2D eigenvalue weighted by Gasteiger charge is 2.33. The van der Waals surface area contributed by atoms with E-state index in [1.54, 1.807) is 0 Å². The van der Waals surface area contributed by atoms with Gasteiger partial charge in [-0.25, -0.2) is 4.99 Å².